The minimum absolute atomic E-state index is 0.858. The molecule has 0 aromatic heterocycles. The summed E-state index contributed by atoms with van der Waals surface area (Å²) in [5.74, 6) is 0.949. The number of nitrogens with one attached hydrogen (secondary N) is 1. The zero-order valence-electron chi connectivity index (χ0n) is 11.2. The lowest BCUT2D eigenvalue weighted by Gasteiger charge is -2.42. The van der Waals surface area contributed by atoms with Crippen LogP contribution in [0.2, 0.25) is 0 Å². The first-order valence-corrected chi connectivity index (χ1v) is 7.49. The first kappa shape index (κ1) is 11.9. The van der Waals surface area contributed by atoms with Gasteiger partial charge in [-0.2, -0.15) is 0 Å². The van der Waals surface area contributed by atoms with E-state index in [0.29, 0.717) is 0 Å². The van der Waals surface area contributed by atoms with Crippen LogP contribution < -0.4 is 5.32 Å². The van der Waals surface area contributed by atoms with Gasteiger partial charge in [-0.05, 0) is 71.2 Å². The lowest BCUT2D eigenvalue weighted by molar-refractivity contribution is 0.0697. The molecule has 1 N–H and O–H groups in total. The third kappa shape index (κ3) is 2.51. The zero-order chi connectivity index (χ0) is 11.7. The van der Waals surface area contributed by atoms with Gasteiger partial charge < -0.3 is 10.2 Å². The van der Waals surface area contributed by atoms with Crippen LogP contribution >= 0.6 is 0 Å². The van der Waals surface area contributed by atoms with E-state index in [0.717, 1.165) is 18.0 Å². The minimum atomic E-state index is 0.858. The molecule has 3 atom stereocenters. The molecule has 0 aromatic carbocycles. The smallest absolute Gasteiger partial charge is 0.0263 e. The number of piperidine rings is 1. The number of hydrogen-bond donors (Lipinski definition) is 1. The Hall–Kier alpha value is -0.120. The molecule has 0 radical (unpaired) electrons. The van der Waals surface area contributed by atoms with Gasteiger partial charge in [0.15, 0.2) is 0 Å². The van der Waals surface area contributed by atoms with Crippen LogP contribution in [0.15, 0.2) is 0 Å². The van der Waals surface area contributed by atoms with Crippen molar-refractivity contribution in [2.75, 3.05) is 39.8 Å². The number of nitrogens with zero attached hydrogens (tertiary/aromatic N) is 2. The van der Waals surface area contributed by atoms with Gasteiger partial charge in [-0.15, -0.1) is 0 Å². The third-order valence-corrected chi connectivity index (χ3v) is 5.11. The number of rotatable bonds is 1. The van der Waals surface area contributed by atoms with Crippen LogP contribution in [0.1, 0.15) is 32.1 Å². The molecular weight excluding hydrogens is 210 g/mol. The summed E-state index contributed by atoms with van der Waals surface area (Å²) in [6.45, 7) is 6.48. The van der Waals surface area contributed by atoms with Crippen LogP contribution in [-0.4, -0.2) is 61.7 Å². The molecule has 17 heavy (non-hydrogen) atoms. The lowest BCUT2D eigenvalue weighted by atomic mass is 9.89. The highest BCUT2D eigenvalue weighted by Crippen LogP contribution is 2.30. The average Bonchev–Trinajstić information content (AvgIpc) is 2.72. The molecule has 3 unspecified atom stereocenters. The fraction of sp³-hybridized carbons (Fsp3) is 1.00. The van der Waals surface area contributed by atoms with E-state index in [1.54, 1.807) is 0 Å². The van der Waals surface area contributed by atoms with Gasteiger partial charge in [0.05, 0.1) is 0 Å². The predicted octanol–water partition coefficient (Wildman–Crippen LogP) is 1.15. The van der Waals surface area contributed by atoms with Crippen molar-refractivity contribution in [3.8, 4) is 0 Å². The first-order valence-electron chi connectivity index (χ1n) is 7.49. The van der Waals surface area contributed by atoms with Gasteiger partial charge >= 0.3 is 0 Å². The highest BCUT2D eigenvalue weighted by atomic mass is 15.2. The Balaban J connectivity index is 1.65. The van der Waals surface area contributed by atoms with Gasteiger partial charge in [0.1, 0.15) is 0 Å². The molecule has 0 amide bonds. The van der Waals surface area contributed by atoms with Gasteiger partial charge in [0.2, 0.25) is 0 Å². The maximum absolute atomic E-state index is 3.61. The van der Waals surface area contributed by atoms with Crippen LogP contribution in [-0.2, 0) is 0 Å². The van der Waals surface area contributed by atoms with Gasteiger partial charge in [0, 0.05) is 18.6 Å². The summed E-state index contributed by atoms with van der Waals surface area (Å²) in [7, 11) is 2.28. The highest BCUT2D eigenvalue weighted by Gasteiger charge is 2.38. The second-order valence-electron chi connectivity index (χ2n) is 6.25. The molecule has 3 saturated heterocycles. The van der Waals surface area contributed by atoms with Gasteiger partial charge in [0.25, 0.3) is 0 Å². The van der Waals surface area contributed by atoms with E-state index in [1.807, 2.05) is 0 Å². The number of hydrogen-bond acceptors (Lipinski definition) is 3. The Morgan fingerprint density at radius 2 is 1.82 bits per heavy atom. The van der Waals surface area contributed by atoms with E-state index in [2.05, 4.69) is 22.2 Å². The summed E-state index contributed by atoms with van der Waals surface area (Å²) in [5.41, 5.74) is 0. The van der Waals surface area contributed by atoms with Crippen LogP contribution in [0, 0.1) is 5.92 Å². The molecule has 3 fully saturated rings. The van der Waals surface area contributed by atoms with E-state index in [4.69, 9.17) is 0 Å². The molecule has 3 heterocycles. The van der Waals surface area contributed by atoms with Crippen molar-refractivity contribution in [2.24, 2.45) is 5.92 Å². The Bertz CT molecular complexity index is 256. The summed E-state index contributed by atoms with van der Waals surface area (Å²) in [5, 5.41) is 3.61. The quantitative estimate of drug-likeness (QED) is 0.738. The minimum Gasteiger partial charge on any atom is -0.315 e. The Morgan fingerprint density at radius 1 is 0.941 bits per heavy atom. The summed E-state index contributed by atoms with van der Waals surface area (Å²) < 4.78 is 0. The maximum atomic E-state index is 3.61. The highest BCUT2D eigenvalue weighted by molar-refractivity contribution is 4.95. The molecule has 3 heteroatoms. The van der Waals surface area contributed by atoms with Crippen molar-refractivity contribution in [1.29, 1.82) is 0 Å². The zero-order valence-corrected chi connectivity index (χ0v) is 11.2. The van der Waals surface area contributed by atoms with E-state index in [9.17, 15) is 0 Å². The lowest BCUT2D eigenvalue weighted by Crippen LogP contribution is -2.50. The molecular formula is C14H27N3. The third-order valence-electron chi connectivity index (χ3n) is 5.11. The van der Waals surface area contributed by atoms with Crippen molar-refractivity contribution in [3.63, 3.8) is 0 Å². The molecule has 0 aliphatic carbocycles. The van der Waals surface area contributed by atoms with Crippen molar-refractivity contribution < 1.29 is 0 Å². The SMILES string of the molecule is CN1CCCC(N2CCCC3CNCC32)CC1. The fourth-order valence-electron chi connectivity index (χ4n) is 4.11. The monoisotopic (exact) mass is 237 g/mol. The molecule has 3 nitrogen and oxygen atoms in total. The van der Waals surface area contributed by atoms with Crippen LogP contribution in [0.5, 0.6) is 0 Å². The largest absolute Gasteiger partial charge is 0.315 e. The molecule has 98 valence electrons. The van der Waals surface area contributed by atoms with Gasteiger partial charge in [-0.1, -0.05) is 0 Å². The van der Waals surface area contributed by atoms with Crippen LogP contribution in [0.3, 0.4) is 0 Å². The van der Waals surface area contributed by atoms with Crippen molar-refractivity contribution >= 4 is 0 Å². The topological polar surface area (TPSA) is 18.5 Å². The molecule has 0 saturated carbocycles. The standard InChI is InChI=1S/C14H27N3/c1-16-7-3-5-13(6-9-16)17-8-2-4-12-10-15-11-14(12)17/h12-15H,2-11H2,1H3. The Morgan fingerprint density at radius 3 is 2.76 bits per heavy atom. The molecule has 3 aliphatic heterocycles. The first-order chi connectivity index (χ1) is 8.34. The van der Waals surface area contributed by atoms with Crippen LogP contribution in [0.4, 0.5) is 0 Å². The average molecular weight is 237 g/mol. The Kier molecular flexibility index (Phi) is 3.69. The molecule has 3 rings (SSSR count). The van der Waals surface area contributed by atoms with Crippen LogP contribution in [0.25, 0.3) is 0 Å². The van der Waals surface area contributed by atoms with Crippen molar-refractivity contribution in [3.05, 3.63) is 0 Å². The van der Waals surface area contributed by atoms with Crippen molar-refractivity contribution in [1.82, 2.24) is 15.1 Å². The molecule has 0 spiro atoms. The molecule has 0 aromatic rings. The summed E-state index contributed by atoms with van der Waals surface area (Å²) in [4.78, 5) is 5.38. The summed E-state index contributed by atoms with van der Waals surface area (Å²) >= 11 is 0. The maximum Gasteiger partial charge on any atom is 0.0263 e. The number of likely N-dealkylation sites (tertiary alicyclic amines) is 2. The molecule has 0 bridgehead atoms. The van der Waals surface area contributed by atoms with Gasteiger partial charge in [-0.25, -0.2) is 0 Å². The normalized spacial score (nSPS) is 41.1. The Labute approximate surface area is 106 Å². The molecule has 3 aliphatic rings. The van der Waals surface area contributed by atoms with E-state index in [-0.39, 0.29) is 0 Å². The van der Waals surface area contributed by atoms with Crippen molar-refractivity contribution in [2.45, 2.75) is 44.2 Å². The van der Waals surface area contributed by atoms with E-state index >= 15 is 0 Å². The predicted molar refractivity (Wildman–Crippen MR) is 71.2 cm³/mol. The second-order valence-corrected chi connectivity index (χ2v) is 6.25. The fourth-order valence-corrected chi connectivity index (χ4v) is 4.11. The summed E-state index contributed by atoms with van der Waals surface area (Å²) in [6, 6.07) is 1.73. The summed E-state index contributed by atoms with van der Waals surface area (Å²) in [6.07, 6.45) is 7.09. The second kappa shape index (κ2) is 5.25. The van der Waals surface area contributed by atoms with Gasteiger partial charge in [-0.3, -0.25) is 4.90 Å². The number of fused-ring (bicyclic) bond motifs is 1. The van der Waals surface area contributed by atoms with E-state index in [1.165, 1.54) is 64.8 Å². The van der Waals surface area contributed by atoms with E-state index < -0.39 is 0 Å².